The molecule has 0 aromatic rings. The van der Waals surface area contributed by atoms with Gasteiger partial charge in [0.15, 0.2) is 0 Å². The highest BCUT2D eigenvalue weighted by molar-refractivity contribution is 7.99. The highest BCUT2D eigenvalue weighted by Gasteiger charge is 2.30. The zero-order chi connectivity index (χ0) is 13.7. The van der Waals surface area contributed by atoms with Crippen LogP contribution in [0.1, 0.15) is 33.1 Å². The molecule has 0 aliphatic carbocycles. The fourth-order valence-electron chi connectivity index (χ4n) is 2.93. The summed E-state index contributed by atoms with van der Waals surface area (Å²) in [6, 6.07) is 0.335. The zero-order valence-electron chi connectivity index (χ0n) is 12.0. The molecule has 2 aliphatic heterocycles. The number of hydrogen-bond acceptors (Lipinski definition) is 3. The second-order valence-electron chi connectivity index (χ2n) is 5.90. The summed E-state index contributed by atoms with van der Waals surface area (Å²) in [5.74, 6) is 3.27. The summed E-state index contributed by atoms with van der Waals surface area (Å²) in [6.45, 7) is 5.93. The number of carbonyl (C=O) groups is 1. The van der Waals surface area contributed by atoms with Gasteiger partial charge in [-0.05, 0) is 30.9 Å². The summed E-state index contributed by atoms with van der Waals surface area (Å²) in [4.78, 5) is 11.9. The van der Waals surface area contributed by atoms with Gasteiger partial charge in [0.2, 0.25) is 0 Å². The van der Waals surface area contributed by atoms with Gasteiger partial charge in [0, 0.05) is 30.9 Å². The summed E-state index contributed by atoms with van der Waals surface area (Å²) < 4.78 is 5.73. The standard InChI is InChI=1S/C14H26N2O2S/c1-10(2)13-11(5-6-18-13)8-15-14(17)16-12-4-3-7-19-9-12/h10-13H,3-9H2,1-2H3,(H2,15,16,17)/t11-,12+,13-/m0/s1. The molecule has 0 aromatic heterocycles. The van der Waals surface area contributed by atoms with Crippen molar-refractivity contribution in [3.8, 4) is 0 Å². The molecule has 2 saturated heterocycles. The minimum absolute atomic E-state index is 0.0121. The third kappa shape index (κ3) is 4.56. The molecule has 3 atom stereocenters. The Bertz CT molecular complexity index is 293. The Morgan fingerprint density at radius 1 is 1.42 bits per heavy atom. The molecule has 2 heterocycles. The van der Waals surface area contributed by atoms with Crippen LogP contribution in [0.3, 0.4) is 0 Å². The number of hydrogen-bond donors (Lipinski definition) is 2. The van der Waals surface area contributed by atoms with Gasteiger partial charge < -0.3 is 15.4 Å². The molecule has 0 spiro atoms. The molecule has 2 N–H and O–H groups in total. The number of thioether (sulfide) groups is 1. The van der Waals surface area contributed by atoms with E-state index in [9.17, 15) is 4.79 Å². The van der Waals surface area contributed by atoms with Crippen LogP contribution in [0.25, 0.3) is 0 Å². The van der Waals surface area contributed by atoms with E-state index in [2.05, 4.69) is 24.5 Å². The van der Waals surface area contributed by atoms with E-state index in [0.717, 1.165) is 31.7 Å². The van der Waals surface area contributed by atoms with Crippen LogP contribution >= 0.6 is 11.8 Å². The van der Waals surface area contributed by atoms with E-state index in [-0.39, 0.29) is 6.03 Å². The Labute approximate surface area is 120 Å². The monoisotopic (exact) mass is 286 g/mol. The van der Waals surface area contributed by atoms with Crippen molar-refractivity contribution >= 4 is 17.8 Å². The van der Waals surface area contributed by atoms with Gasteiger partial charge in [0.25, 0.3) is 0 Å². The van der Waals surface area contributed by atoms with Gasteiger partial charge in [-0.1, -0.05) is 13.8 Å². The van der Waals surface area contributed by atoms with Gasteiger partial charge in [0.1, 0.15) is 0 Å². The molecule has 2 amide bonds. The van der Waals surface area contributed by atoms with E-state index in [0.29, 0.717) is 24.0 Å². The first-order chi connectivity index (χ1) is 9.16. The van der Waals surface area contributed by atoms with E-state index in [4.69, 9.17) is 4.74 Å². The van der Waals surface area contributed by atoms with Crippen LogP contribution in [-0.4, -0.2) is 42.8 Å². The Morgan fingerprint density at radius 2 is 2.26 bits per heavy atom. The van der Waals surface area contributed by atoms with Crippen molar-refractivity contribution in [2.75, 3.05) is 24.7 Å². The van der Waals surface area contributed by atoms with Gasteiger partial charge in [-0.2, -0.15) is 11.8 Å². The normalized spacial score (nSPS) is 31.4. The molecule has 2 rings (SSSR count). The average molecular weight is 286 g/mol. The number of amides is 2. The minimum atomic E-state index is -0.0121. The summed E-state index contributed by atoms with van der Waals surface area (Å²) in [6.07, 6.45) is 3.68. The van der Waals surface area contributed by atoms with Gasteiger partial charge >= 0.3 is 6.03 Å². The first kappa shape index (κ1) is 15.0. The van der Waals surface area contributed by atoms with Gasteiger partial charge in [-0.15, -0.1) is 0 Å². The van der Waals surface area contributed by atoms with E-state index in [1.165, 1.54) is 12.2 Å². The fourth-order valence-corrected chi connectivity index (χ4v) is 4.00. The summed E-state index contributed by atoms with van der Waals surface area (Å²) in [5, 5.41) is 6.09. The Morgan fingerprint density at radius 3 is 2.95 bits per heavy atom. The number of nitrogens with one attached hydrogen (secondary N) is 2. The second-order valence-corrected chi connectivity index (χ2v) is 7.05. The van der Waals surface area contributed by atoms with Crippen molar-refractivity contribution in [3.63, 3.8) is 0 Å². The average Bonchev–Trinajstić information content (AvgIpc) is 2.86. The Balaban J connectivity index is 1.68. The summed E-state index contributed by atoms with van der Waals surface area (Å²) in [5.41, 5.74) is 0. The molecule has 0 saturated carbocycles. The lowest BCUT2D eigenvalue weighted by Gasteiger charge is -2.25. The number of carbonyl (C=O) groups excluding carboxylic acids is 1. The summed E-state index contributed by atoms with van der Waals surface area (Å²) in [7, 11) is 0. The van der Waals surface area contributed by atoms with E-state index in [1.54, 1.807) is 0 Å². The largest absolute Gasteiger partial charge is 0.378 e. The highest BCUT2D eigenvalue weighted by atomic mass is 32.2. The maximum absolute atomic E-state index is 11.9. The van der Waals surface area contributed by atoms with Crippen LogP contribution < -0.4 is 10.6 Å². The minimum Gasteiger partial charge on any atom is -0.378 e. The lowest BCUT2D eigenvalue weighted by molar-refractivity contribution is 0.0545. The molecular weight excluding hydrogens is 260 g/mol. The Kier molecular flexibility index (Phi) is 5.82. The predicted octanol–water partition coefficient (Wildman–Crippen LogP) is 2.24. The Hall–Kier alpha value is -0.420. The number of urea groups is 1. The van der Waals surface area contributed by atoms with Crippen LogP contribution in [0.2, 0.25) is 0 Å². The first-order valence-corrected chi connectivity index (χ1v) is 8.56. The predicted molar refractivity (Wildman–Crippen MR) is 79.6 cm³/mol. The smallest absolute Gasteiger partial charge is 0.315 e. The number of rotatable bonds is 4. The molecule has 0 radical (unpaired) electrons. The van der Waals surface area contributed by atoms with Crippen molar-refractivity contribution in [1.29, 1.82) is 0 Å². The molecule has 110 valence electrons. The molecule has 19 heavy (non-hydrogen) atoms. The van der Waals surface area contributed by atoms with Crippen LogP contribution in [0.15, 0.2) is 0 Å². The molecule has 0 bridgehead atoms. The second kappa shape index (κ2) is 7.39. The fraction of sp³-hybridized carbons (Fsp3) is 0.929. The third-order valence-corrected chi connectivity index (χ3v) is 5.16. The van der Waals surface area contributed by atoms with Gasteiger partial charge in [-0.25, -0.2) is 4.79 Å². The van der Waals surface area contributed by atoms with Crippen LogP contribution in [0.4, 0.5) is 4.79 Å². The summed E-state index contributed by atoms with van der Waals surface area (Å²) >= 11 is 1.93. The van der Waals surface area contributed by atoms with Crippen LogP contribution in [-0.2, 0) is 4.74 Å². The van der Waals surface area contributed by atoms with E-state index in [1.807, 2.05) is 11.8 Å². The van der Waals surface area contributed by atoms with Crippen molar-refractivity contribution in [2.24, 2.45) is 11.8 Å². The topological polar surface area (TPSA) is 50.4 Å². The molecule has 0 aromatic carbocycles. The zero-order valence-corrected chi connectivity index (χ0v) is 12.8. The van der Waals surface area contributed by atoms with Crippen molar-refractivity contribution < 1.29 is 9.53 Å². The molecule has 2 fully saturated rings. The van der Waals surface area contributed by atoms with Crippen molar-refractivity contribution in [2.45, 2.75) is 45.3 Å². The first-order valence-electron chi connectivity index (χ1n) is 7.40. The van der Waals surface area contributed by atoms with Gasteiger partial charge in [-0.3, -0.25) is 0 Å². The number of ether oxygens (including phenoxy) is 1. The SMILES string of the molecule is CC(C)[C@@H]1OCC[C@H]1CNC(=O)N[C@@H]1CCCSC1. The molecular formula is C14H26N2O2S. The van der Waals surface area contributed by atoms with Crippen molar-refractivity contribution in [1.82, 2.24) is 10.6 Å². The van der Waals surface area contributed by atoms with E-state index < -0.39 is 0 Å². The molecule has 0 unspecified atom stereocenters. The van der Waals surface area contributed by atoms with E-state index >= 15 is 0 Å². The maximum Gasteiger partial charge on any atom is 0.315 e. The van der Waals surface area contributed by atoms with Crippen molar-refractivity contribution in [3.05, 3.63) is 0 Å². The molecule has 5 heteroatoms. The van der Waals surface area contributed by atoms with Crippen LogP contribution in [0.5, 0.6) is 0 Å². The quantitative estimate of drug-likeness (QED) is 0.833. The highest BCUT2D eigenvalue weighted by Crippen LogP contribution is 2.26. The lowest BCUT2D eigenvalue weighted by Crippen LogP contribution is -2.46. The maximum atomic E-state index is 11.9. The molecule has 2 aliphatic rings. The van der Waals surface area contributed by atoms with Crippen LogP contribution in [0, 0.1) is 11.8 Å². The van der Waals surface area contributed by atoms with Gasteiger partial charge in [0.05, 0.1) is 6.10 Å². The lowest BCUT2D eigenvalue weighted by atomic mass is 9.93. The third-order valence-electron chi connectivity index (χ3n) is 3.94. The molecule has 4 nitrogen and oxygen atoms in total.